The molecule has 0 radical (unpaired) electrons. The Morgan fingerprint density at radius 1 is 1.36 bits per heavy atom. The number of nitrogens with zero attached hydrogens (tertiary/aromatic N) is 2. The summed E-state index contributed by atoms with van der Waals surface area (Å²) in [6, 6.07) is 9.67. The van der Waals surface area contributed by atoms with Crippen LogP contribution in [0.25, 0.3) is 0 Å². The molecular formula is C19H24N4O2. The second kappa shape index (κ2) is 7.61. The molecule has 1 atom stereocenters. The molecular weight excluding hydrogens is 316 g/mol. The van der Waals surface area contributed by atoms with Crippen molar-refractivity contribution in [3.8, 4) is 0 Å². The van der Waals surface area contributed by atoms with Gasteiger partial charge in [-0.15, -0.1) is 0 Å². The van der Waals surface area contributed by atoms with E-state index in [2.05, 4.69) is 38.4 Å². The maximum atomic E-state index is 12.4. The van der Waals surface area contributed by atoms with Gasteiger partial charge in [0.25, 0.3) is 5.56 Å². The van der Waals surface area contributed by atoms with Crippen molar-refractivity contribution in [3.63, 3.8) is 0 Å². The molecule has 2 N–H and O–H groups in total. The van der Waals surface area contributed by atoms with E-state index in [0.29, 0.717) is 24.5 Å². The van der Waals surface area contributed by atoms with Crippen LogP contribution in [0.1, 0.15) is 29.6 Å². The minimum atomic E-state index is -0.183. The Morgan fingerprint density at radius 3 is 2.88 bits per heavy atom. The molecule has 6 heteroatoms. The molecule has 3 rings (SSSR count). The van der Waals surface area contributed by atoms with Gasteiger partial charge in [0.2, 0.25) is 5.91 Å². The van der Waals surface area contributed by atoms with Crippen molar-refractivity contribution in [2.45, 2.75) is 39.3 Å². The van der Waals surface area contributed by atoms with Crippen LogP contribution in [-0.4, -0.2) is 39.9 Å². The van der Waals surface area contributed by atoms with Crippen LogP contribution in [0, 0.1) is 6.92 Å². The quantitative estimate of drug-likeness (QED) is 0.857. The first kappa shape index (κ1) is 17.4. The summed E-state index contributed by atoms with van der Waals surface area (Å²) in [6.07, 6.45) is 1.49. The van der Waals surface area contributed by atoms with Crippen LogP contribution in [0.15, 0.2) is 35.1 Å². The summed E-state index contributed by atoms with van der Waals surface area (Å²) in [6.45, 7) is 5.87. The number of benzene rings is 1. The van der Waals surface area contributed by atoms with Gasteiger partial charge in [-0.25, -0.2) is 4.98 Å². The molecule has 132 valence electrons. The Kier molecular flexibility index (Phi) is 5.28. The topological polar surface area (TPSA) is 78.1 Å². The summed E-state index contributed by atoms with van der Waals surface area (Å²) in [5.41, 5.74) is 3.20. The molecule has 25 heavy (non-hydrogen) atoms. The number of fused-ring (bicyclic) bond motifs is 1. The maximum absolute atomic E-state index is 12.4. The van der Waals surface area contributed by atoms with Gasteiger partial charge in [0.1, 0.15) is 5.82 Å². The van der Waals surface area contributed by atoms with E-state index in [1.807, 2.05) is 13.0 Å². The van der Waals surface area contributed by atoms with E-state index in [-0.39, 0.29) is 17.5 Å². The van der Waals surface area contributed by atoms with Gasteiger partial charge in [-0.1, -0.05) is 24.3 Å². The third kappa shape index (κ3) is 4.33. The summed E-state index contributed by atoms with van der Waals surface area (Å²) < 4.78 is 0. The van der Waals surface area contributed by atoms with E-state index >= 15 is 0 Å². The Morgan fingerprint density at radius 2 is 2.12 bits per heavy atom. The van der Waals surface area contributed by atoms with Crippen molar-refractivity contribution in [1.29, 1.82) is 0 Å². The van der Waals surface area contributed by atoms with Gasteiger partial charge >= 0.3 is 0 Å². The lowest BCUT2D eigenvalue weighted by Crippen LogP contribution is -2.47. The number of H-pyrrole nitrogens is 1. The van der Waals surface area contributed by atoms with E-state index in [1.165, 1.54) is 17.2 Å². The van der Waals surface area contributed by atoms with Gasteiger partial charge in [0.15, 0.2) is 0 Å². The van der Waals surface area contributed by atoms with Crippen LogP contribution in [-0.2, 0) is 24.2 Å². The fourth-order valence-electron chi connectivity index (χ4n) is 3.23. The summed E-state index contributed by atoms with van der Waals surface area (Å²) in [5.74, 6) is 0.610. The maximum Gasteiger partial charge on any atom is 0.251 e. The van der Waals surface area contributed by atoms with E-state index in [4.69, 9.17) is 0 Å². The van der Waals surface area contributed by atoms with Crippen LogP contribution in [0.4, 0.5) is 0 Å². The first-order valence-corrected chi connectivity index (χ1v) is 8.68. The number of hydrogen-bond donors (Lipinski definition) is 2. The zero-order valence-electron chi connectivity index (χ0n) is 14.7. The van der Waals surface area contributed by atoms with E-state index < -0.39 is 0 Å². The molecule has 1 aromatic heterocycles. The highest BCUT2D eigenvalue weighted by atomic mass is 16.2. The molecule has 1 aliphatic rings. The Hall–Kier alpha value is -2.47. The average molecular weight is 340 g/mol. The van der Waals surface area contributed by atoms with Crippen molar-refractivity contribution in [3.05, 3.63) is 63.3 Å². The normalized spacial score (nSPS) is 15.4. The SMILES string of the molecule is Cc1cc(=O)[nH]c(CCNC(=O)[C@H](C)N2CCc3ccccc3C2)n1. The Labute approximate surface area is 147 Å². The summed E-state index contributed by atoms with van der Waals surface area (Å²) in [7, 11) is 0. The first-order chi connectivity index (χ1) is 12.0. The van der Waals surface area contributed by atoms with Crippen LogP contribution >= 0.6 is 0 Å². The number of hydrogen-bond acceptors (Lipinski definition) is 4. The van der Waals surface area contributed by atoms with Crippen molar-refractivity contribution in [1.82, 2.24) is 20.2 Å². The number of aromatic amines is 1. The Balaban J connectivity index is 1.52. The molecule has 0 unspecified atom stereocenters. The first-order valence-electron chi connectivity index (χ1n) is 8.68. The minimum absolute atomic E-state index is 0.00869. The monoisotopic (exact) mass is 340 g/mol. The van der Waals surface area contributed by atoms with Crippen molar-refractivity contribution in [2.75, 3.05) is 13.1 Å². The highest BCUT2D eigenvalue weighted by molar-refractivity contribution is 5.81. The lowest BCUT2D eigenvalue weighted by atomic mass is 9.99. The average Bonchev–Trinajstić information content (AvgIpc) is 2.59. The molecule has 1 aromatic carbocycles. The van der Waals surface area contributed by atoms with E-state index in [9.17, 15) is 9.59 Å². The smallest absolute Gasteiger partial charge is 0.251 e. The fraction of sp³-hybridized carbons (Fsp3) is 0.421. The van der Waals surface area contributed by atoms with Crippen LogP contribution in [0.5, 0.6) is 0 Å². The number of nitrogens with one attached hydrogen (secondary N) is 2. The van der Waals surface area contributed by atoms with E-state index in [0.717, 1.165) is 19.5 Å². The van der Waals surface area contributed by atoms with Crippen LogP contribution in [0.2, 0.25) is 0 Å². The largest absolute Gasteiger partial charge is 0.354 e. The van der Waals surface area contributed by atoms with Crippen molar-refractivity contribution < 1.29 is 4.79 Å². The number of aromatic nitrogens is 2. The third-order valence-electron chi connectivity index (χ3n) is 4.67. The standard InChI is InChI=1S/C19H24N4O2/c1-13-11-18(24)22-17(21-13)7-9-20-19(25)14(2)23-10-8-15-5-3-4-6-16(15)12-23/h3-6,11,14H,7-10,12H2,1-2H3,(H,20,25)(H,21,22,24)/t14-/m0/s1. The molecule has 1 amide bonds. The number of rotatable bonds is 5. The molecule has 2 aromatic rings. The highest BCUT2D eigenvalue weighted by Gasteiger charge is 2.24. The molecule has 6 nitrogen and oxygen atoms in total. The Bertz CT molecular complexity index is 815. The lowest BCUT2D eigenvalue weighted by Gasteiger charge is -2.32. The van der Waals surface area contributed by atoms with Gasteiger partial charge in [-0.05, 0) is 31.4 Å². The van der Waals surface area contributed by atoms with Gasteiger partial charge < -0.3 is 10.3 Å². The molecule has 0 fully saturated rings. The molecule has 0 saturated carbocycles. The second-order valence-corrected chi connectivity index (χ2v) is 6.54. The predicted octanol–water partition coefficient (Wildman–Crippen LogP) is 1.18. The number of amides is 1. The van der Waals surface area contributed by atoms with Crippen LogP contribution < -0.4 is 10.9 Å². The van der Waals surface area contributed by atoms with Crippen molar-refractivity contribution >= 4 is 5.91 Å². The molecule has 0 aliphatic carbocycles. The lowest BCUT2D eigenvalue weighted by molar-refractivity contribution is -0.126. The third-order valence-corrected chi connectivity index (χ3v) is 4.67. The fourth-order valence-corrected chi connectivity index (χ4v) is 3.23. The van der Waals surface area contributed by atoms with E-state index in [1.54, 1.807) is 6.92 Å². The van der Waals surface area contributed by atoms with Gasteiger partial charge in [0.05, 0.1) is 6.04 Å². The zero-order chi connectivity index (χ0) is 17.8. The molecule has 0 bridgehead atoms. The number of carbonyl (C=O) groups is 1. The van der Waals surface area contributed by atoms with Gasteiger partial charge in [-0.3, -0.25) is 14.5 Å². The molecule has 1 aliphatic heterocycles. The summed E-state index contributed by atoms with van der Waals surface area (Å²) in [5, 5.41) is 2.95. The highest BCUT2D eigenvalue weighted by Crippen LogP contribution is 2.20. The molecule has 0 saturated heterocycles. The van der Waals surface area contributed by atoms with Crippen molar-refractivity contribution in [2.24, 2.45) is 0 Å². The number of carbonyl (C=O) groups excluding carboxylic acids is 1. The molecule has 0 spiro atoms. The van der Waals surface area contributed by atoms with Gasteiger partial charge in [-0.2, -0.15) is 0 Å². The molecule has 2 heterocycles. The summed E-state index contributed by atoms with van der Waals surface area (Å²) in [4.78, 5) is 33.0. The summed E-state index contributed by atoms with van der Waals surface area (Å²) >= 11 is 0. The minimum Gasteiger partial charge on any atom is -0.354 e. The van der Waals surface area contributed by atoms with Gasteiger partial charge in [0, 0.05) is 37.8 Å². The zero-order valence-corrected chi connectivity index (χ0v) is 14.7. The predicted molar refractivity (Wildman–Crippen MR) is 96.3 cm³/mol. The second-order valence-electron chi connectivity index (χ2n) is 6.54. The number of aryl methyl sites for hydroxylation is 1. The van der Waals surface area contributed by atoms with Crippen LogP contribution in [0.3, 0.4) is 0 Å².